The lowest BCUT2D eigenvalue weighted by Crippen LogP contribution is -2.14. The maximum Gasteiger partial charge on any atom is 0.236 e. The van der Waals surface area contributed by atoms with Crippen molar-refractivity contribution in [2.24, 2.45) is 0 Å². The van der Waals surface area contributed by atoms with E-state index in [-0.39, 0.29) is 11.7 Å². The summed E-state index contributed by atoms with van der Waals surface area (Å²) in [6.45, 7) is 0. The first kappa shape index (κ1) is 18.3. The molecule has 29 heavy (non-hydrogen) atoms. The fourth-order valence-corrected chi connectivity index (χ4v) is 5.22. The van der Waals surface area contributed by atoms with E-state index < -0.39 is 0 Å². The van der Waals surface area contributed by atoms with Crippen LogP contribution in [0.5, 0.6) is 0 Å². The molecule has 0 fully saturated rings. The number of thioether (sulfide) groups is 1. The van der Waals surface area contributed by atoms with Crippen LogP contribution in [0.15, 0.2) is 47.9 Å². The molecule has 146 valence electrons. The number of rotatable bonds is 5. The Morgan fingerprint density at radius 2 is 2.03 bits per heavy atom. The Hall–Kier alpha value is -2.78. The number of carbonyl (C=O) groups is 1. The van der Waals surface area contributed by atoms with Crippen molar-refractivity contribution in [3.63, 3.8) is 0 Å². The van der Waals surface area contributed by atoms with Crippen LogP contribution in [0.3, 0.4) is 0 Å². The zero-order chi connectivity index (χ0) is 19.6. The molecule has 0 aliphatic heterocycles. The fraction of sp³-hybridized carbons (Fsp3) is 0.250. The molecule has 4 aromatic rings. The van der Waals surface area contributed by atoms with Crippen molar-refractivity contribution in [2.75, 3.05) is 11.1 Å². The molecule has 0 saturated carbocycles. The molecule has 0 unspecified atom stereocenters. The monoisotopic (exact) mass is 422 g/mol. The van der Waals surface area contributed by atoms with Gasteiger partial charge in [-0.2, -0.15) is 5.10 Å². The standard InChI is InChI=1S/C20H18N6OS2/c27-17(25-20-24-15-8-4-5-9-16(15)29-20)11-28-19-14-10-23-26(18(14)21-12-22-19)13-6-2-1-3-7-13/h1-3,6-7,10,12H,4-5,8-9,11H2,(H,24,25,27). The molecule has 1 amide bonds. The van der Waals surface area contributed by atoms with Gasteiger partial charge in [0.15, 0.2) is 10.8 Å². The Morgan fingerprint density at radius 1 is 1.17 bits per heavy atom. The topological polar surface area (TPSA) is 85.6 Å². The van der Waals surface area contributed by atoms with E-state index in [4.69, 9.17) is 0 Å². The highest BCUT2D eigenvalue weighted by molar-refractivity contribution is 8.00. The molecule has 0 spiro atoms. The predicted octanol–water partition coefficient (Wildman–Crippen LogP) is 3.88. The summed E-state index contributed by atoms with van der Waals surface area (Å²) >= 11 is 2.98. The lowest BCUT2D eigenvalue weighted by atomic mass is 10.0. The molecule has 5 rings (SSSR count). The molecule has 0 saturated heterocycles. The summed E-state index contributed by atoms with van der Waals surface area (Å²) in [5, 5.41) is 9.66. The van der Waals surface area contributed by atoms with E-state index in [1.165, 1.54) is 35.8 Å². The number of para-hydroxylation sites is 1. The number of hydrogen-bond acceptors (Lipinski definition) is 7. The normalized spacial score (nSPS) is 13.4. The smallest absolute Gasteiger partial charge is 0.236 e. The number of aryl methyl sites for hydroxylation is 2. The molecule has 1 aliphatic carbocycles. The molecule has 9 heteroatoms. The van der Waals surface area contributed by atoms with Gasteiger partial charge in [0, 0.05) is 4.88 Å². The second-order valence-electron chi connectivity index (χ2n) is 6.74. The maximum atomic E-state index is 12.4. The summed E-state index contributed by atoms with van der Waals surface area (Å²) in [6, 6.07) is 9.83. The van der Waals surface area contributed by atoms with Gasteiger partial charge in [0.05, 0.1) is 28.7 Å². The number of nitrogens with zero attached hydrogens (tertiary/aromatic N) is 5. The van der Waals surface area contributed by atoms with E-state index >= 15 is 0 Å². The summed E-state index contributed by atoms with van der Waals surface area (Å²) in [7, 11) is 0. The largest absolute Gasteiger partial charge is 0.301 e. The van der Waals surface area contributed by atoms with E-state index in [0.29, 0.717) is 5.13 Å². The van der Waals surface area contributed by atoms with Gasteiger partial charge in [0.2, 0.25) is 5.91 Å². The Balaban J connectivity index is 1.30. The first-order chi connectivity index (χ1) is 14.3. The maximum absolute atomic E-state index is 12.4. The highest BCUT2D eigenvalue weighted by Crippen LogP contribution is 2.30. The van der Waals surface area contributed by atoms with Crippen LogP contribution in [0, 0.1) is 0 Å². The molecule has 1 N–H and O–H groups in total. The summed E-state index contributed by atoms with van der Waals surface area (Å²) < 4.78 is 1.78. The Labute approximate surface area is 175 Å². The zero-order valence-corrected chi connectivity index (χ0v) is 17.2. The molecular formula is C20H18N6OS2. The number of amides is 1. The van der Waals surface area contributed by atoms with Crippen LogP contribution in [-0.2, 0) is 17.6 Å². The Morgan fingerprint density at radius 3 is 2.90 bits per heavy atom. The van der Waals surface area contributed by atoms with Gasteiger partial charge < -0.3 is 5.32 Å². The average molecular weight is 423 g/mol. The highest BCUT2D eigenvalue weighted by atomic mass is 32.2. The van der Waals surface area contributed by atoms with Crippen LogP contribution in [0.1, 0.15) is 23.4 Å². The quantitative estimate of drug-likeness (QED) is 0.388. The summed E-state index contributed by atoms with van der Waals surface area (Å²) in [5.41, 5.74) is 2.80. The molecule has 0 radical (unpaired) electrons. The minimum absolute atomic E-state index is 0.0803. The van der Waals surface area contributed by atoms with Crippen molar-refractivity contribution in [1.82, 2.24) is 24.7 Å². The molecule has 3 heterocycles. The third-order valence-corrected chi connectivity index (χ3v) is 6.84. The number of anilines is 1. The van der Waals surface area contributed by atoms with Gasteiger partial charge in [-0.25, -0.2) is 19.6 Å². The van der Waals surface area contributed by atoms with Crippen molar-refractivity contribution in [3.8, 4) is 5.69 Å². The third kappa shape index (κ3) is 3.75. The summed E-state index contributed by atoms with van der Waals surface area (Å²) in [4.78, 5) is 27.0. The second kappa shape index (κ2) is 7.92. The van der Waals surface area contributed by atoms with Crippen LogP contribution in [0.4, 0.5) is 5.13 Å². The Kier molecular flexibility index (Phi) is 4.99. The molecule has 1 aliphatic rings. The van der Waals surface area contributed by atoms with Gasteiger partial charge in [0.25, 0.3) is 0 Å². The first-order valence-corrected chi connectivity index (χ1v) is 11.2. The van der Waals surface area contributed by atoms with E-state index in [9.17, 15) is 4.79 Å². The fourth-order valence-electron chi connectivity index (χ4n) is 3.39. The van der Waals surface area contributed by atoms with Crippen LogP contribution < -0.4 is 5.32 Å². The Bertz CT molecular complexity index is 1150. The van der Waals surface area contributed by atoms with Gasteiger partial charge in [-0.05, 0) is 37.8 Å². The van der Waals surface area contributed by atoms with Crippen LogP contribution in [-0.4, -0.2) is 36.4 Å². The number of carbonyl (C=O) groups excluding carboxylic acids is 1. The first-order valence-electron chi connectivity index (χ1n) is 9.43. The predicted molar refractivity (Wildman–Crippen MR) is 115 cm³/mol. The van der Waals surface area contributed by atoms with Crippen molar-refractivity contribution < 1.29 is 4.79 Å². The van der Waals surface area contributed by atoms with Crippen LogP contribution in [0.2, 0.25) is 0 Å². The molecule has 1 aromatic carbocycles. The molecular weight excluding hydrogens is 404 g/mol. The number of fused-ring (bicyclic) bond motifs is 2. The molecule has 0 atom stereocenters. The van der Waals surface area contributed by atoms with Crippen molar-refractivity contribution in [2.45, 2.75) is 30.7 Å². The van der Waals surface area contributed by atoms with Gasteiger partial charge in [-0.1, -0.05) is 30.0 Å². The number of thiazole rings is 1. The van der Waals surface area contributed by atoms with Crippen molar-refractivity contribution in [3.05, 3.63) is 53.4 Å². The second-order valence-corrected chi connectivity index (χ2v) is 8.79. The molecule has 3 aromatic heterocycles. The van der Waals surface area contributed by atoms with E-state index in [1.807, 2.05) is 30.3 Å². The zero-order valence-electron chi connectivity index (χ0n) is 15.5. The van der Waals surface area contributed by atoms with Gasteiger partial charge in [-0.3, -0.25) is 4.79 Å². The SMILES string of the molecule is O=C(CSc1ncnc2c1cnn2-c1ccccc1)Nc1nc2c(s1)CCCC2. The van der Waals surface area contributed by atoms with Crippen molar-refractivity contribution in [1.29, 1.82) is 0 Å². The van der Waals surface area contributed by atoms with Gasteiger partial charge in [-0.15, -0.1) is 11.3 Å². The highest BCUT2D eigenvalue weighted by Gasteiger charge is 2.17. The molecule has 0 bridgehead atoms. The summed E-state index contributed by atoms with van der Waals surface area (Å²) in [5.74, 6) is 0.177. The number of hydrogen-bond donors (Lipinski definition) is 1. The number of aromatic nitrogens is 5. The minimum Gasteiger partial charge on any atom is -0.301 e. The average Bonchev–Trinajstić information content (AvgIpc) is 3.36. The molecule has 7 nitrogen and oxygen atoms in total. The van der Waals surface area contributed by atoms with Crippen LogP contribution >= 0.6 is 23.1 Å². The van der Waals surface area contributed by atoms with Gasteiger partial charge >= 0.3 is 0 Å². The third-order valence-electron chi connectivity index (χ3n) is 4.76. The van der Waals surface area contributed by atoms with Gasteiger partial charge in [0.1, 0.15) is 11.4 Å². The van der Waals surface area contributed by atoms with E-state index in [2.05, 4.69) is 25.4 Å². The van der Waals surface area contributed by atoms with Crippen LogP contribution in [0.25, 0.3) is 16.7 Å². The number of benzene rings is 1. The lowest BCUT2D eigenvalue weighted by Gasteiger charge is -2.06. The number of nitrogens with one attached hydrogen (secondary N) is 1. The van der Waals surface area contributed by atoms with Crippen molar-refractivity contribution >= 4 is 45.2 Å². The summed E-state index contributed by atoms with van der Waals surface area (Å²) in [6.07, 6.45) is 7.73. The lowest BCUT2D eigenvalue weighted by molar-refractivity contribution is -0.113. The minimum atomic E-state index is -0.0803. The van der Waals surface area contributed by atoms with E-state index in [0.717, 1.165) is 40.3 Å². The van der Waals surface area contributed by atoms with E-state index in [1.54, 1.807) is 22.2 Å².